The maximum Gasteiger partial charge on any atom is 0.325 e. The first kappa shape index (κ1) is 18.9. The number of nitrogens with one attached hydrogen (secondary N) is 3. The molecule has 5 aliphatic rings. The minimum absolute atomic E-state index is 0.117. The van der Waals surface area contributed by atoms with Crippen molar-refractivity contribution in [2.45, 2.75) is 56.5 Å². The molecule has 1 aliphatic heterocycles. The lowest BCUT2D eigenvalue weighted by Crippen LogP contribution is -2.61. The number of nitrogens with zero attached hydrogens (tertiary/aromatic N) is 1. The molecule has 4 saturated carbocycles. The Bertz CT molecular complexity index is 1040. The Balaban J connectivity index is 1.12. The van der Waals surface area contributed by atoms with E-state index in [0.29, 0.717) is 6.42 Å². The zero-order chi connectivity index (χ0) is 21.2. The van der Waals surface area contributed by atoms with Gasteiger partial charge in [-0.1, -0.05) is 18.2 Å². The standard InChI is InChI=1S/C24H28N4O3/c29-21(27-24-9-14-5-15(10-24)7-16(6-14)11-24)13-28-22(30)20(26-23(28)31)8-17-12-25-19-4-2-1-3-18(17)19/h1-4,12,14-16,20,25H,5-11,13H2,(H,26,31)(H,27,29). The van der Waals surface area contributed by atoms with Crippen LogP contribution in [0.3, 0.4) is 0 Å². The smallest absolute Gasteiger partial charge is 0.325 e. The van der Waals surface area contributed by atoms with Gasteiger partial charge in [0.1, 0.15) is 12.6 Å². The molecule has 1 unspecified atom stereocenters. The fourth-order valence-corrected chi connectivity index (χ4v) is 7.13. The van der Waals surface area contributed by atoms with Gasteiger partial charge in [-0.25, -0.2) is 4.79 Å². The lowest BCUT2D eigenvalue weighted by atomic mass is 9.53. The predicted molar refractivity (Wildman–Crippen MR) is 115 cm³/mol. The third-order valence-corrected chi connectivity index (χ3v) is 7.95. The molecule has 1 saturated heterocycles. The van der Waals surface area contributed by atoms with Gasteiger partial charge in [-0.3, -0.25) is 14.5 Å². The lowest BCUT2D eigenvalue weighted by molar-refractivity contribution is -0.134. The van der Waals surface area contributed by atoms with Gasteiger partial charge in [0.15, 0.2) is 0 Å². The molecule has 0 radical (unpaired) electrons. The highest BCUT2D eigenvalue weighted by Gasteiger charge is 2.52. The number of carbonyl (C=O) groups excluding carboxylic acids is 3. The molecule has 162 valence electrons. The van der Waals surface area contributed by atoms with Gasteiger partial charge in [0, 0.05) is 29.1 Å². The summed E-state index contributed by atoms with van der Waals surface area (Å²) in [5.41, 5.74) is 1.87. The second-order valence-electron chi connectivity index (χ2n) is 10.2. The van der Waals surface area contributed by atoms with Gasteiger partial charge in [-0.2, -0.15) is 0 Å². The van der Waals surface area contributed by atoms with Crippen LogP contribution in [0.15, 0.2) is 30.5 Å². The number of benzene rings is 1. The average molecular weight is 421 g/mol. The second kappa shape index (κ2) is 6.84. The lowest BCUT2D eigenvalue weighted by Gasteiger charge is -2.56. The number of aromatic nitrogens is 1. The van der Waals surface area contributed by atoms with Crippen LogP contribution in [0.1, 0.15) is 44.1 Å². The van der Waals surface area contributed by atoms with Crippen LogP contribution in [-0.4, -0.2) is 45.9 Å². The number of hydrogen-bond donors (Lipinski definition) is 3. The summed E-state index contributed by atoms with van der Waals surface area (Å²) < 4.78 is 0. The van der Waals surface area contributed by atoms with Crippen molar-refractivity contribution >= 4 is 28.7 Å². The number of carbonyl (C=O) groups is 3. The van der Waals surface area contributed by atoms with Crippen molar-refractivity contribution in [1.82, 2.24) is 20.5 Å². The van der Waals surface area contributed by atoms with Crippen LogP contribution >= 0.6 is 0 Å². The SMILES string of the molecule is O=C(CN1C(=O)NC(Cc2c[nH]c3ccccc23)C1=O)NC12CC3CC(CC(C3)C1)C2. The van der Waals surface area contributed by atoms with Crippen LogP contribution < -0.4 is 10.6 Å². The highest BCUT2D eigenvalue weighted by molar-refractivity contribution is 6.06. The van der Waals surface area contributed by atoms with E-state index in [9.17, 15) is 14.4 Å². The molecule has 4 aliphatic carbocycles. The van der Waals surface area contributed by atoms with Gasteiger partial charge in [0.05, 0.1) is 0 Å². The Morgan fingerprint density at radius 3 is 2.45 bits per heavy atom. The summed E-state index contributed by atoms with van der Waals surface area (Å²) in [7, 11) is 0. The number of amides is 4. The Morgan fingerprint density at radius 2 is 1.74 bits per heavy atom. The first-order chi connectivity index (χ1) is 15.0. The summed E-state index contributed by atoms with van der Waals surface area (Å²) in [4.78, 5) is 42.6. The molecule has 2 aromatic rings. The number of rotatable bonds is 5. The van der Waals surface area contributed by atoms with Crippen molar-refractivity contribution in [2.24, 2.45) is 17.8 Å². The van der Waals surface area contributed by atoms with Crippen LogP contribution in [0.4, 0.5) is 4.79 Å². The van der Waals surface area contributed by atoms with E-state index in [1.807, 2.05) is 30.5 Å². The maximum atomic E-state index is 12.9. The predicted octanol–water partition coefficient (Wildman–Crippen LogP) is 2.72. The summed E-state index contributed by atoms with van der Waals surface area (Å²) in [5, 5.41) is 7.07. The third-order valence-electron chi connectivity index (χ3n) is 7.95. The quantitative estimate of drug-likeness (QED) is 0.649. The fraction of sp³-hybridized carbons (Fsp3) is 0.542. The van der Waals surface area contributed by atoms with Crippen molar-refractivity contribution in [3.05, 3.63) is 36.0 Å². The minimum atomic E-state index is -0.640. The third kappa shape index (κ3) is 3.22. The molecular weight excluding hydrogens is 392 g/mol. The highest BCUT2D eigenvalue weighted by Crippen LogP contribution is 2.55. The largest absolute Gasteiger partial charge is 0.361 e. The average Bonchev–Trinajstić information content (AvgIpc) is 3.23. The van der Waals surface area contributed by atoms with Gasteiger partial charge >= 0.3 is 6.03 Å². The second-order valence-corrected chi connectivity index (χ2v) is 10.2. The number of fused-ring (bicyclic) bond motifs is 1. The first-order valence-electron chi connectivity index (χ1n) is 11.5. The van der Waals surface area contributed by atoms with E-state index in [0.717, 1.165) is 58.4 Å². The Hall–Kier alpha value is -2.83. The molecule has 4 amide bonds. The van der Waals surface area contributed by atoms with Crippen molar-refractivity contribution < 1.29 is 14.4 Å². The number of H-pyrrole nitrogens is 1. The van der Waals surface area contributed by atoms with Crippen molar-refractivity contribution in [3.63, 3.8) is 0 Å². The monoisotopic (exact) mass is 420 g/mol. The Kier molecular flexibility index (Phi) is 4.17. The topological polar surface area (TPSA) is 94.3 Å². The van der Waals surface area contributed by atoms with Crippen molar-refractivity contribution in [1.29, 1.82) is 0 Å². The molecule has 1 aromatic heterocycles. The van der Waals surface area contributed by atoms with E-state index < -0.39 is 12.1 Å². The number of imide groups is 1. The molecule has 4 bridgehead atoms. The van der Waals surface area contributed by atoms with E-state index in [1.165, 1.54) is 19.3 Å². The molecule has 3 N–H and O–H groups in total. The molecular formula is C24H28N4O3. The number of aromatic amines is 1. The molecule has 7 rings (SSSR count). The van der Waals surface area contributed by atoms with Gasteiger partial charge < -0.3 is 15.6 Å². The summed E-state index contributed by atoms with van der Waals surface area (Å²) >= 11 is 0. The zero-order valence-corrected chi connectivity index (χ0v) is 17.5. The van der Waals surface area contributed by atoms with E-state index in [1.54, 1.807) is 0 Å². The van der Waals surface area contributed by atoms with Crippen LogP contribution in [0.2, 0.25) is 0 Å². The van der Waals surface area contributed by atoms with Gasteiger partial charge in [-0.15, -0.1) is 0 Å². The van der Waals surface area contributed by atoms with Gasteiger partial charge in [-0.05, 0) is 67.9 Å². The fourth-order valence-electron chi connectivity index (χ4n) is 7.13. The number of hydrogen-bond acceptors (Lipinski definition) is 3. The summed E-state index contributed by atoms with van der Waals surface area (Å²) in [5.74, 6) is 1.64. The summed E-state index contributed by atoms with van der Waals surface area (Å²) in [6.07, 6.45) is 9.34. The number of urea groups is 1. The van der Waals surface area contributed by atoms with Crippen LogP contribution in [-0.2, 0) is 16.0 Å². The van der Waals surface area contributed by atoms with E-state index >= 15 is 0 Å². The minimum Gasteiger partial charge on any atom is -0.361 e. The molecule has 0 spiro atoms. The Morgan fingerprint density at radius 1 is 1.06 bits per heavy atom. The van der Waals surface area contributed by atoms with Crippen molar-refractivity contribution in [2.75, 3.05) is 6.54 Å². The molecule has 7 nitrogen and oxygen atoms in total. The zero-order valence-electron chi connectivity index (χ0n) is 17.5. The first-order valence-corrected chi connectivity index (χ1v) is 11.5. The molecule has 2 heterocycles. The number of para-hydroxylation sites is 1. The maximum absolute atomic E-state index is 12.9. The van der Waals surface area contributed by atoms with E-state index in [4.69, 9.17) is 0 Å². The normalized spacial score (nSPS) is 33.9. The van der Waals surface area contributed by atoms with E-state index in [-0.39, 0.29) is 23.9 Å². The molecule has 5 fully saturated rings. The van der Waals surface area contributed by atoms with Crippen LogP contribution in [0.25, 0.3) is 10.9 Å². The van der Waals surface area contributed by atoms with Crippen molar-refractivity contribution in [3.8, 4) is 0 Å². The molecule has 1 atom stereocenters. The van der Waals surface area contributed by atoms with Crippen LogP contribution in [0, 0.1) is 17.8 Å². The van der Waals surface area contributed by atoms with Gasteiger partial charge in [0.2, 0.25) is 5.91 Å². The van der Waals surface area contributed by atoms with Crippen LogP contribution in [0.5, 0.6) is 0 Å². The molecule has 31 heavy (non-hydrogen) atoms. The van der Waals surface area contributed by atoms with E-state index in [2.05, 4.69) is 15.6 Å². The molecule has 1 aromatic carbocycles. The summed E-state index contributed by atoms with van der Waals surface area (Å²) in [6, 6.07) is 6.77. The highest BCUT2D eigenvalue weighted by atomic mass is 16.2. The Labute approximate surface area is 180 Å². The van der Waals surface area contributed by atoms with Gasteiger partial charge in [0.25, 0.3) is 5.91 Å². The molecule has 7 heteroatoms. The summed E-state index contributed by atoms with van der Waals surface area (Å²) in [6.45, 7) is -0.198.